The molecule has 1 nitrogen and oxygen atoms in total. The van der Waals surface area contributed by atoms with Crippen LogP contribution in [0, 0.1) is 17.8 Å². The van der Waals surface area contributed by atoms with Gasteiger partial charge in [0, 0.05) is 6.04 Å². The molecule has 2 bridgehead atoms. The van der Waals surface area contributed by atoms with Gasteiger partial charge in [-0.25, -0.2) is 0 Å². The van der Waals surface area contributed by atoms with E-state index in [-0.39, 0.29) is 6.04 Å². The van der Waals surface area contributed by atoms with Crippen molar-refractivity contribution in [2.45, 2.75) is 44.6 Å². The van der Waals surface area contributed by atoms with Gasteiger partial charge in [-0.15, -0.1) is 0 Å². The molecule has 1 heteroatoms. The lowest BCUT2D eigenvalue weighted by atomic mass is 9.84. The first-order valence-corrected chi connectivity index (χ1v) is 7.13. The van der Waals surface area contributed by atoms with Crippen molar-refractivity contribution < 1.29 is 0 Å². The van der Waals surface area contributed by atoms with E-state index in [1.54, 1.807) is 0 Å². The van der Waals surface area contributed by atoms with Gasteiger partial charge in [-0.3, -0.25) is 0 Å². The SMILES string of the molecule is NC(CCC1CC2CCC1C2)c1ccccc1. The second kappa shape index (κ2) is 4.81. The van der Waals surface area contributed by atoms with E-state index in [4.69, 9.17) is 5.73 Å². The summed E-state index contributed by atoms with van der Waals surface area (Å²) in [4.78, 5) is 0. The normalized spacial score (nSPS) is 32.9. The summed E-state index contributed by atoms with van der Waals surface area (Å²) in [6, 6.07) is 10.8. The molecule has 0 heterocycles. The van der Waals surface area contributed by atoms with Gasteiger partial charge in [-0.05, 0) is 55.4 Å². The van der Waals surface area contributed by atoms with Crippen LogP contribution < -0.4 is 5.73 Å². The van der Waals surface area contributed by atoms with Gasteiger partial charge >= 0.3 is 0 Å². The standard InChI is InChI=1S/C16H23N/c17-16(13-4-2-1-3-5-13)9-8-15-11-12-6-7-14(15)10-12/h1-5,12,14-16H,6-11,17H2. The third-order valence-corrected chi connectivity index (χ3v) is 4.96. The van der Waals surface area contributed by atoms with E-state index < -0.39 is 0 Å². The van der Waals surface area contributed by atoms with Gasteiger partial charge in [0.25, 0.3) is 0 Å². The third kappa shape index (κ3) is 2.40. The lowest BCUT2D eigenvalue weighted by Crippen LogP contribution is -2.15. The molecule has 3 rings (SSSR count). The van der Waals surface area contributed by atoms with E-state index in [1.165, 1.54) is 37.7 Å². The molecule has 4 atom stereocenters. The molecule has 2 fully saturated rings. The lowest BCUT2D eigenvalue weighted by Gasteiger charge is -2.23. The Morgan fingerprint density at radius 1 is 1.12 bits per heavy atom. The van der Waals surface area contributed by atoms with Crippen molar-refractivity contribution in [2.24, 2.45) is 23.5 Å². The molecule has 2 aliphatic carbocycles. The minimum absolute atomic E-state index is 0.246. The Hall–Kier alpha value is -0.820. The maximum atomic E-state index is 6.27. The van der Waals surface area contributed by atoms with Gasteiger partial charge in [-0.2, -0.15) is 0 Å². The van der Waals surface area contributed by atoms with Crippen molar-refractivity contribution in [3.05, 3.63) is 35.9 Å². The third-order valence-electron chi connectivity index (χ3n) is 4.96. The van der Waals surface area contributed by atoms with Gasteiger partial charge in [0.2, 0.25) is 0 Å². The van der Waals surface area contributed by atoms with Gasteiger partial charge in [-0.1, -0.05) is 36.8 Å². The van der Waals surface area contributed by atoms with Crippen LogP contribution in [0.5, 0.6) is 0 Å². The molecule has 0 amide bonds. The van der Waals surface area contributed by atoms with E-state index in [0.29, 0.717) is 0 Å². The molecule has 0 radical (unpaired) electrons. The van der Waals surface area contributed by atoms with E-state index >= 15 is 0 Å². The van der Waals surface area contributed by atoms with Gasteiger partial charge < -0.3 is 5.73 Å². The molecule has 92 valence electrons. The molecule has 2 aliphatic rings. The molecule has 0 aliphatic heterocycles. The van der Waals surface area contributed by atoms with Crippen molar-refractivity contribution in [1.82, 2.24) is 0 Å². The van der Waals surface area contributed by atoms with Crippen LogP contribution in [0.3, 0.4) is 0 Å². The molecular formula is C16H23N. The maximum absolute atomic E-state index is 6.27. The Labute approximate surface area is 104 Å². The number of hydrogen-bond acceptors (Lipinski definition) is 1. The summed E-state index contributed by atoms with van der Waals surface area (Å²) >= 11 is 0. The van der Waals surface area contributed by atoms with Crippen LogP contribution in [-0.4, -0.2) is 0 Å². The van der Waals surface area contributed by atoms with E-state index in [9.17, 15) is 0 Å². The molecule has 1 aromatic carbocycles. The average molecular weight is 229 g/mol. The number of nitrogens with two attached hydrogens (primary N) is 1. The molecule has 1 aromatic rings. The summed E-state index contributed by atoms with van der Waals surface area (Å²) in [5.41, 5.74) is 7.57. The fourth-order valence-corrected chi connectivity index (χ4v) is 3.99. The smallest absolute Gasteiger partial charge is 0.0294 e. The largest absolute Gasteiger partial charge is 0.324 e. The summed E-state index contributed by atoms with van der Waals surface area (Å²) in [6.07, 6.45) is 8.52. The van der Waals surface area contributed by atoms with Crippen LogP contribution in [0.4, 0.5) is 0 Å². The van der Waals surface area contributed by atoms with Crippen molar-refractivity contribution in [1.29, 1.82) is 0 Å². The monoisotopic (exact) mass is 229 g/mol. The van der Waals surface area contributed by atoms with Gasteiger partial charge in [0.05, 0.1) is 0 Å². The highest BCUT2D eigenvalue weighted by molar-refractivity contribution is 5.18. The Bertz CT molecular complexity index is 359. The van der Waals surface area contributed by atoms with Crippen LogP contribution in [0.2, 0.25) is 0 Å². The average Bonchev–Trinajstić information content (AvgIpc) is 2.99. The Kier molecular flexibility index (Phi) is 3.19. The fourth-order valence-electron chi connectivity index (χ4n) is 3.99. The van der Waals surface area contributed by atoms with Crippen LogP contribution >= 0.6 is 0 Å². The van der Waals surface area contributed by atoms with E-state index in [1.807, 2.05) is 0 Å². The minimum Gasteiger partial charge on any atom is -0.324 e. The molecular weight excluding hydrogens is 206 g/mol. The number of hydrogen-bond donors (Lipinski definition) is 1. The first kappa shape index (κ1) is 11.3. The predicted molar refractivity (Wildman–Crippen MR) is 71.5 cm³/mol. The van der Waals surface area contributed by atoms with Gasteiger partial charge in [0.1, 0.15) is 0 Å². The van der Waals surface area contributed by atoms with Crippen LogP contribution in [0.15, 0.2) is 30.3 Å². The Morgan fingerprint density at radius 3 is 2.59 bits per heavy atom. The molecule has 2 N–H and O–H groups in total. The van der Waals surface area contributed by atoms with E-state index in [2.05, 4.69) is 30.3 Å². The van der Waals surface area contributed by atoms with Crippen molar-refractivity contribution in [2.75, 3.05) is 0 Å². The minimum atomic E-state index is 0.246. The van der Waals surface area contributed by atoms with Crippen molar-refractivity contribution >= 4 is 0 Å². The molecule has 17 heavy (non-hydrogen) atoms. The summed E-state index contributed by atoms with van der Waals surface area (Å²) in [5.74, 6) is 3.10. The zero-order valence-electron chi connectivity index (χ0n) is 10.5. The summed E-state index contributed by atoms with van der Waals surface area (Å²) in [6.45, 7) is 0. The van der Waals surface area contributed by atoms with E-state index in [0.717, 1.165) is 24.2 Å². The quantitative estimate of drug-likeness (QED) is 0.832. The predicted octanol–water partition coefficient (Wildman–Crippen LogP) is 3.90. The molecule has 0 saturated heterocycles. The zero-order chi connectivity index (χ0) is 11.7. The van der Waals surface area contributed by atoms with Crippen LogP contribution in [0.25, 0.3) is 0 Å². The fraction of sp³-hybridized carbons (Fsp3) is 0.625. The Morgan fingerprint density at radius 2 is 1.94 bits per heavy atom. The van der Waals surface area contributed by atoms with Crippen molar-refractivity contribution in [3.8, 4) is 0 Å². The highest BCUT2D eigenvalue weighted by Gasteiger charge is 2.38. The Balaban J connectivity index is 1.51. The van der Waals surface area contributed by atoms with Gasteiger partial charge in [0.15, 0.2) is 0 Å². The first-order valence-electron chi connectivity index (χ1n) is 7.13. The van der Waals surface area contributed by atoms with Crippen LogP contribution in [0.1, 0.15) is 50.1 Å². The number of benzene rings is 1. The second-order valence-corrected chi connectivity index (χ2v) is 6.03. The summed E-state index contributed by atoms with van der Waals surface area (Å²) in [5, 5.41) is 0. The zero-order valence-corrected chi connectivity index (χ0v) is 10.5. The highest BCUT2D eigenvalue weighted by Crippen LogP contribution is 2.50. The number of rotatable bonds is 4. The summed E-state index contributed by atoms with van der Waals surface area (Å²) < 4.78 is 0. The number of fused-ring (bicyclic) bond motifs is 2. The topological polar surface area (TPSA) is 26.0 Å². The maximum Gasteiger partial charge on any atom is 0.0294 e. The molecule has 2 saturated carbocycles. The molecule has 0 spiro atoms. The first-order chi connectivity index (χ1) is 8.33. The van der Waals surface area contributed by atoms with Crippen molar-refractivity contribution in [3.63, 3.8) is 0 Å². The highest BCUT2D eigenvalue weighted by atomic mass is 14.6. The molecule has 4 unspecified atom stereocenters. The summed E-state index contributed by atoms with van der Waals surface area (Å²) in [7, 11) is 0. The second-order valence-electron chi connectivity index (χ2n) is 6.03. The lowest BCUT2D eigenvalue weighted by molar-refractivity contribution is 0.301. The van der Waals surface area contributed by atoms with Crippen LogP contribution in [-0.2, 0) is 0 Å². The molecule has 0 aromatic heterocycles.